The number of fused-ring (bicyclic) bond motifs is 1. The van der Waals surface area contributed by atoms with E-state index in [4.69, 9.17) is 9.47 Å². The monoisotopic (exact) mass is 292 g/mol. The molecular weight excluding hydrogens is 272 g/mol. The summed E-state index contributed by atoms with van der Waals surface area (Å²) in [5.41, 5.74) is 0.805. The molecule has 0 aliphatic carbocycles. The van der Waals surface area contributed by atoms with Gasteiger partial charge in [-0.1, -0.05) is 0 Å². The van der Waals surface area contributed by atoms with Gasteiger partial charge in [0, 0.05) is 18.9 Å². The van der Waals surface area contributed by atoms with Crippen LogP contribution in [0.3, 0.4) is 0 Å². The molecule has 0 amide bonds. The van der Waals surface area contributed by atoms with Crippen LogP contribution in [0.5, 0.6) is 11.5 Å². The molecule has 2 aliphatic heterocycles. The Morgan fingerprint density at radius 2 is 2.05 bits per heavy atom. The van der Waals surface area contributed by atoms with Crippen LogP contribution in [-0.4, -0.2) is 34.5 Å². The van der Waals surface area contributed by atoms with Crippen molar-refractivity contribution in [2.75, 3.05) is 0 Å². The molecule has 5 nitrogen and oxygen atoms in total. The van der Waals surface area contributed by atoms with Crippen molar-refractivity contribution in [2.24, 2.45) is 0 Å². The third kappa shape index (κ3) is 2.97. The number of cyclic esters (lactones) is 1. The van der Waals surface area contributed by atoms with Gasteiger partial charge >= 0.3 is 5.97 Å². The Kier molecular flexibility index (Phi) is 3.76. The second-order valence-electron chi connectivity index (χ2n) is 5.97. The van der Waals surface area contributed by atoms with E-state index in [2.05, 4.69) is 6.92 Å². The predicted molar refractivity (Wildman–Crippen MR) is 75.5 cm³/mol. The van der Waals surface area contributed by atoms with E-state index in [0.717, 1.165) is 25.3 Å². The van der Waals surface area contributed by atoms with Crippen LogP contribution in [0.25, 0.3) is 0 Å². The van der Waals surface area contributed by atoms with Gasteiger partial charge in [-0.05, 0) is 37.8 Å². The molecule has 1 saturated heterocycles. The highest BCUT2D eigenvalue weighted by Crippen LogP contribution is 2.34. The van der Waals surface area contributed by atoms with Gasteiger partial charge in [-0.15, -0.1) is 0 Å². The molecule has 0 radical (unpaired) electrons. The van der Waals surface area contributed by atoms with Crippen LogP contribution < -0.4 is 0 Å². The Hall–Kier alpha value is -1.75. The fraction of sp³-hybridized carbons (Fsp3) is 0.562. The first-order valence-electron chi connectivity index (χ1n) is 7.44. The van der Waals surface area contributed by atoms with Crippen molar-refractivity contribution < 1.29 is 24.5 Å². The van der Waals surface area contributed by atoms with Gasteiger partial charge < -0.3 is 19.7 Å². The number of benzene rings is 1. The molecule has 2 N–H and O–H groups in total. The summed E-state index contributed by atoms with van der Waals surface area (Å²) >= 11 is 0. The molecule has 1 aromatic rings. The summed E-state index contributed by atoms with van der Waals surface area (Å²) in [6, 6.07) is 2.68. The normalized spacial score (nSPS) is 28.8. The SMILES string of the molecule is C[C@@H]1CCC[C@H](C[C@H]2Cc3cc(O)cc(O)c3C(=O)O2)O1. The molecule has 1 fully saturated rings. The van der Waals surface area contributed by atoms with Gasteiger partial charge in [-0.3, -0.25) is 0 Å². The van der Waals surface area contributed by atoms with E-state index in [1.807, 2.05) is 0 Å². The second-order valence-corrected chi connectivity index (χ2v) is 5.97. The second kappa shape index (κ2) is 5.56. The van der Waals surface area contributed by atoms with E-state index >= 15 is 0 Å². The van der Waals surface area contributed by atoms with Crippen molar-refractivity contribution >= 4 is 5.97 Å². The molecule has 0 bridgehead atoms. The van der Waals surface area contributed by atoms with E-state index in [9.17, 15) is 15.0 Å². The molecule has 0 unspecified atom stereocenters. The van der Waals surface area contributed by atoms with E-state index in [1.54, 1.807) is 0 Å². The van der Waals surface area contributed by atoms with Gasteiger partial charge in [0.1, 0.15) is 23.2 Å². The minimum Gasteiger partial charge on any atom is -0.508 e. The van der Waals surface area contributed by atoms with Crippen molar-refractivity contribution in [3.63, 3.8) is 0 Å². The number of hydrogen-bond acceptors (Lipinski definition) is 5. The Balaban J connectivity index is 1.74. The number of rotatable bonds is 2. The van der Waals surface area contributed by atoms with Crippen molar-refractivity contribution in [2.45, 2.75) is 57.3 Å². The topological polar surface area (TPSA) is 76.0 Å². The zero-order valence-corrected chi connectivity index (χ0v) is 12.0. The lowest BCUT2D eigenvalue weighted by Crippen LogP contribution is -2.34. The van der Waals surface area contributed by atoms with Gasteiger partial charge in [-0.25, -0.2) is 4.79 Å². The first-order chi connectivity index (χ1) is 10.0. The summed E-state index contributed by atoms with van der Waals surface area (Å²) in [4.78, 5) is 12.0. The minimum absolute atomic E-state index is 0.0396. The van der Waals surface area contributed by atoms with Crippen molar-refractivity contribution in [1.82, 2.24) is 0 Å². The smallest absolute Gasteiger partial charge is 0.342 e. The maximum absolute atomic E-state index is 12.0. The lowest BCUT2D eigenvalue weighted by atomic mass is 9.92. The van der Waals surface area contributed by atoms with E-state index in [1.165, 1.54) is 6.07 Å². The number of hydrogen-bond donors (Lipinski definition) is 2. The summed E-state index contributed by atoms with van der Waals surface area (Å²) < 4.78 is 11.3. The van der Waals surface area contributed by atoms with Crippen molar-refractivity contribution in [3.8, 4) is 11.5 Å². The van der Waals surface area contributed by atoms with Gasteiger partial charge in [-0.2, -0.15) is 0 Å². The highest BCUT2D eigenvalue weighted by molar-refractivity contribution is 5.95. The van der Waals surface area contributed by atoms with Crippen LogP contribution in [-0.2, 0) is 15.9 Å². The lowest BCUT2D eigenvalue weighted by molar-refractivity contribution is -0.0647. The molecule has 5 heteroatoms. The van der Waals surface area contributed by atoms with Gasteiger partial charge in [0.15, 0.2) is 0 Å². The maximum atomic E-state index is 12.0. The van der Waals surface area contributed by atoms with Gasteiger partial charge in [0.05, 0.1) is 12.2 Å². The number of phenolic OH excluding ortho intramolecular Hbond substituents is 2. The first kappa shape index (κ1) is 14.2. The Bertz CT molecular complexity index is 554. The number of carbonyl (C=O) groups is 1. The molecule has 1 aromatic carbocycles. The van der Waals surface area contributed by atoms with E-state index in [-0.39, 0.29) is 35.4 Å². The number of ether oxygens (including phenoxy) is 2. The summed E-state index contributed by atoms with van der Waals surface area (Å²) in [5, 5.41) is 19.3. The van der Waals surface area contributed by atoms with Gasteiger partial charge in [0.2, 0.25) is 0 Å². The van der Waals surface area contributed by atoms with Crippen LogP contribution in [0.1, 0.15) is 48.5 Å². The average Bonchev–Trinajstić information content (AvgIpc) is 2.37. The van der Waals surface area contributed by atoms with Crippen LogP contribution in [0.15, 0.2) is 12.1 Å². The molecule has 3 rings (SSSR count). The lowest BCUT2D eigenvalue weighted by Gasteiger charge is -2.32. The van der Waals surface area contributed by atoms with Crippen LogP contribution >= 0.6 is 0 Å². The van der Waals surface area contributed by atoms with Gasteiger partial charge in [0.25, 0.3) is 0 Å². The van der Waals surface area contributed by atoms with Crippen LogP contribution in [0.4, 0.5) is 0 Å². The van der Waals surface area contributed by atoms with Crippen LogP contribution in [0.2, 0.25) is 0 Å². The predicted octanol–water partition coefficient (Wildman–Crippen LogP) is 2.53. The average molecular weight is 292 g/mol. The molecule has 0 spiro atoms. The maximum Gasteiger partial charge on any atom is 0.342 e. The first-order valence-corrected chi connectivity index (χ1v) is 7.44. The Labute approximate surface area is 123 Å². The summed E-state index contributed by atoms with van der Waals surface area (Å²) in [5.74, 6) is -0.791. The quantitative estimate of drug-likeness (QED) is 0.819. The van der Waals surface area contributed by atoms with E-state index in [0.29, 0.717) is 18.4 Å². The Morgan fingerprint density at radius 1 is 1.24 bits per heavy atom. The number of carbonyl (C=O) groups excluding carboxylic acids is 1. The fourth-order valence-corrected chi connectivity index (χ4v) is 3.26. The fourth-order valence-electron chi connectivity index (χ4n) is 3.26. The largest absolute Gasteiger partial charge is 0.508 e. The Morgan fingerprint density at radius 3 is 2.81 bits per heavy atom. The minimum atomic E-state index is -0.525. The standard InChI is InChI=1S/C16H20O5/c1-9-3-2-4-12(20-9)8-13-6-10-5-11(17)7-14(18)15(10)16(19)21-13/h5,7,9,12-13,17-18H,2-4,6,8H2,1H3/t9-,12-,13-/m1/s1. The third-order valence-corrected chi connectivity index (χ3v) is 4.20. The molecular formula is C16H20O5. The molecule has 3 atom stereocenters. The summed E-state index contributed by atoms with van der Waals surface area (Å²) in [7, 11) is 0. The highest BCUT2D eigenvalue weighted by atomic mass is 16.5. The highest BCUT2D eigenvalue weighted by Gasteiger charge is 2.32. The number of phenols is 2. The zero-order chi connectivity index (χ0) is 15.0. The third-order valence-electron chi connectivity index (χ3n) is 4.20. The summed E-state index contributed by atoms with van der Waals surface area (Å²) in [6.45, 7) is 2.06. The van der Waals surface area contributed by atoms with Crippen molar-refractivity contribution in [3.05, 3.63) is 23.3 Å². The molecule has 114 valence electrons. The molecule has 0 saturated carbocycles. The number of aromatic hydroxyl groups is 2. The summed E-state index contributed by atoms with van der Waals surface area (Å²) in [6.07, 6.45) is 4.44. The molecule has 21 heavy (non-hydrogen) atoms. The van der Waals surface area contributed by atoms with E-state index < -0.39 is 5.97 Å². The number of esters is 1. The zero-order valence-electron chi connectivity index (χ0n) is 12.0. The molecule has 2 heterocycles. The molecule has 2 aliphatic rings. The van der Waals surface area contributed by atoms with Crippen molar-refractivity contribution in [1.29, 1.82) is 0 Å². The molecule has 0 aromatic heterocycles. The van der Waals surface area contributed by atoms with Crippen LogP contribution in [0, 0.1) is 0 Å².